The van der Waals surface area contributed by atoms with Gasteiger partial charge in [-0.2, -0.15) is 0 Å². The Labute approximate surface area is 128 Å². The van der Waals surface area contributed by atoms with Crippen LogP contribution in [0.25, 0.3) is 0 Å². The summed E-state index contributed by atoms with van der Waals surface area (Å²) in [5, 5.41) is 0.488. The van der Waals surface area contributed by atoms with Gasteiger partial charge in [0.05, 0.1) is 14.2 Å². The van der Waals surface area contributed by atoms with Crippen LogP contribution >= 0.6 is 11.6 Å². The van der Waals surface area contributed by atoms with E-state index in [4.69, 9.17) is 26.8 Å². The first-order chi connectivity index (χ1) is 10.0. The lowest BCUT2D eigenvalue weighted by Gasteiger charge is -2.15. The van der Waals surface area contributed by atoms with E-state index in [2.05, 4.69) is 0 Å². The summed E-state index contributed by atoms with van der Waals surface area (Å²) in [6, 6.07) is 9.45. The molecule has 0 aliphatic carbocycles. The van der Waals surface area contributed by atoms with Gasteiger partial charge in [-0.05, 0) is 47.9 Å². The lowest BCUT2D eigenvalue weighted by molar-refractivity contribution is 0.392. The number of methoxy groups -OCH3 is 2. The van der Waals surface area contributed by atoms with Crippen molar-refractivity contribution in [2.75, 3.05) is 14.2 Å². The minimum Gasteiger partial charge on any atom is -0.497 e. The van der Waals surface area contributed by atoms with Crippen molar-refractivity contribution >= 4 is 11.6 Å². The van der Waals surface area contributed by atoms with Gasteiger partial charge in [0.2, 0.25) is 0 Å². The molecule has 0 amide bonds. The summed E-state index contributed by atoms with van der Waals surface area (Å²) in [6.07, 6.45) is 0.336. The predicted molar refractivity (Wildman–Crippen MR) is 81.6 cm³/mol. The Hall–Kier alpha value is -1.78. The fourth-order valence-corrected chi connectivity index (χ4v) is 2.29. The molecule has 0 bridgehead atoms. The van der Waals surface area contributed by atoms with Crippen LogP contribution in [0.3, 0.4) is 0 Å². The highest BCUT2D eigenvalue weighted by atomic mass is 35.5. The predicted octanol–water partition coefficient (Wildman–Crippen LogP) is 3.74. The minimum absolute atomic E-state index is 0.315. The molecule has 0 saturated heterocycles. The SMILES string of the molecule is COc1cc(OC)cc(C(N)Cc2cc(Cl)ccc2F)c1. The van der Waals surface area contributed by atoms with Crippen LogP contribution in [0.2, 0.25) is 5.02 Å². The maximum atomic E-state index is 13.8. The van der Waals surface area contributed by atoms with Crippen molar-refractivity contribution in [3.63, 3.8) is 0 Å². The van der Waals surface area contributed by atoms with Gasteiger partial charge in [0, 0.05) is 17.1 Å². The summed E-state index contributed by atoms with van der Waals surface area (Å²) in [4.78, 5) is 0. The molecule has 2 rings (SSSR count). The van der Waals surface area contributed by atoms with Crippen molar-refractivity contribution in [1.82, 2.24) is 0 Å². The summed E-state index contributed by atoms with van der Waals surface area (Å²) in [5.74, 6) is 0.974. The van der Waals surface area contributed by atoms with Crippen molar-refractivity contribution in [3.8, 4) is 11.5 Å². The largest absolute Gasteiger partial charge is 0.497 e. The van der Waals surface area contributed by atoms with E-state index >= 15 is 0 Å². The second kappa shape index (κ2) is 6.78. The lowest BCUT2D eigenvalue weighted by Crippen LogP contribution is -2.14. The van der Waals surface area contributed by atoms with Gasteiger partial charge in [-0.15, -0.1) is 0 Å². The zero-order valence-electron chi connectivity index (χ0n) is 11.9. The van der Waals surface area contributed by atoms with Crippen molar-refractivity contribution in [2.24, 2.45) is 5.73 Å². The summed E-state index contributed by atoms with van der Waals surface area (Å²) >= 11 is 5.89. The average molecular weight is 310 g/mol. The molecule has 5 heteroatoms. The van der Waals surface area contributed by atoms with Crippen molar-refractivity contribution in [2.45, 2.75) is 12.5 Å². The summed E-state index contributed by atoms with van der Waals surface area (Å²) < 4.78 is 24.2. The van der Waals surface area contributed by atoms with Gasteiger partial charge in [0.25, 0.3) is 0 Å². The molecule has 0 fully saturated rings. The third kappa shape index (κ3) is 3.86. The minimum atomic E-state index is -0.387. The second-order valence-electron chi connectivity index (χ2n) is 4.69. The van der Waals surface area contributed by atoms with Crippen LogP contribution in [-0.4, -0.2) is 14.2 Å². The Bertz CT molecular complexity index is 611. The molecule has 2 N–H and O–H groups in total. The van der Waals surface area contributed by atoms with Crippen LogP contribution in [0.15, 0.2) is 36.4 Å². The molecule has 1 unspecified atom stereocenters. The van der Waals surface area contributed by atoms with Crippen molar-refractivity contribution < 1.29 is 13.9 Å². The summed E-state index contributed by atoms with van der Waals surface area (Å²) in [5.41, 5.74) is 7.47. The van der Waals surface area contributed by atoms with E-state index in [9.17, 15) is 4.39 Å². The number of nitrogens with two attached hydrogens (primary N) is 1. The van der Waals surface area contributed by atoms with Crippen LogP contribution in [0.5, 0.6) is 11.5 Å². The number of ether oxygens (including phenoxy) is 2. The fourth-order valence-electron chi connectivity index (χ4n) is 2.10. The first kappa shape index (κ1) is 15.6. The van der Waals surface area contributed by atoms with E-state index in [0.717, 1.165) is 5.56 Å². The Morgan fingerprint density at radius 2 is 1.71 bits per heavy atom. The molecule has 0 aromatic heterocycles. The summed E-state index contributed by atoms with van der Waals surface area (Å²) in [7, 11) is 3.14. The molecular weight excluding hydrogens is 293 g/mol. The van der Waals surface area contributed by atoms with E-state index in [-0.39, 0.29) is 11.9 Å². The molecule has 2 aromatic carbocycles. The van der Waals surface area contributed by atoms with Crippen LogP contribution in [0, 0.1) is 5.82 Å². The van der Waals surface area contributed by atoms with Gasteiger partial charge in [-0.3, -0.25) is 0 Å². The normalized spacial score (nSPS) is 12.0. The van der Waals surface area contributed by atoms with E-state index in [1.807, 2.05) is 12.1 Å². The third-order valence-corrected chi connectivity index (χ3v) is 3.48. The molecule has 3 nitrogen and oxygen atoms in total. The zero-order valence-corrected chi connectivity index (χ0v) is 12.7. The highest BCUT2D eigenvalue weighted by molar-refractivity contribution is 6.30. The lowest BCUT2D eigenvalue weighted by atomic mass is 9.99. The van der Waals surface area contributed by atoms with E-state index in [0.29, 0.717) is 28.5 Å². The van der Waals surface area contributed by atoms with Crippen LogP contribution in [-0.2, 0) is 6.42 Å². The molecule has 1 atom stereocenters. The van der Waals surface area contributed by atoms with Crippen LogP contribution < -0.4 is 15.2 Å². The Balaban J connectivity index is 2.27. The molecule has 21 heavy (non-hydrogen) atoms. The molecular formula is C16H17ClFNO2. The Kier molecular flexibility index (Phi) is 5.04. The first-order valence-electron chi connectivity index (χ1n) is 6.46. The van der Waals surface area contributed by atoms with Gasteiger partial charge >= 0.3 is 0 Å². The highest BCUT2D eigenvalue weighted by Crippen LogP contribution is 2.28. The highest BCUT2D eigenvalue weighted by Gasteiger charge is 2.13. The molecule has 0 radical (unpaired) electrons. The molecule has 2 aromatic rings. The van der Waals surface area contributed by atoms with E-state index < -0.39 is 0 Å². The number of rotatable bonds is 5. The Morgan fingerprint density at radius 3 is 2.29 bits per heavy atom. The average Bonchev–Trinajstić information content (AvgIpc) is 2.50. The smallest absolute Gasteiger partial charge is 0.126 e. The van der Waals surface area contributed by atoms with Gasteiger partial charge < -0.3 is 15.2 Å². The topological polar surface area (TPSA) is 44.5 Å². The zero-order chi connectivity index (χ0) is 15.4. The van der Waals surface area contributed by atoms with E-state index in [1.54, 1.807) is 26.4 Å². The molecule has 0 heterocycles. The van der Waals surface area contributed by atoms with Gasteiger partial charge in [0.15, 0.2) is 0 Å². The van der Waals surface area contributed by atoms with Gasteiger partial charge in [0.1, 0.15) is 17.3 Å². The third-order valence-electron chi connectivity index (χ3n) is 3.25. The molecule has 0 spiro atoms. The summed E-state index contributed by atoms with van der Waals surface area (Å²) in [6.45, 7) is 0. The van der Waals surface area contributed by atoms with Gasteiger partial charge in [-0.25, -0.2) is 4.39 Å². The van der Waals surface area contributed by atoms with Crippen LogP contribution in [0.4, 0.5) is 4.39 Å². The quantitative estimate of drug-likeness (QED) is 0.915. The molecule has 112 valence electrons. The van der Waals surface area contributed by atoms with Crippen molar-refractivity contribution in [1.29, 1.82) is 0 Å². The molecule has 0 aliphatic heterocycles. The second-order valence-corrected chi connectivity index (χ2v) is 5.13. The molecule has 0 aliphatic rings. The maximum absolute atomic E-state index is 13.8. The number of halogens is 2. The number of benzene rings is 2. The fraction of sp³-hybridized carbons (Fsp3) is 0.250. The number of hydrogen-bond donors (Lipinski definition) is 1. The maximum Gasteiger partial charge on any atom is 0.126 e. The Morgan fingerprint density at radius 1 is 1.10 bits per heavy atom. The standard InChI is InChI=1S/C16H17ClFNO2/c1-20-13-6-11(7-14(9-13)21-2)16(19)8-10-5-12(17)3-4-15(10)18/h3-7,9,16H,8,19H2,1-2H3. The van der Waals surface area contributed by atoms with Gasteiger partial charge in [-0.1, -0.05) is 11.6 Å². The first-order valence-corrected chi connectivity index (χ1v) is 6.83. The van der Waals surface area contributed by atoms with Crippen LogP contribution in [0.1, 0.15) is 17.2 Å². The van der Waals surface area contributed by atoms with E-state index in [1.165, 1.54) is 12.1 Å². The van der Waals surface area contributed by atoms with Crippen molar-refractivity contribution in [3.05, 3.63) is 58.4 Å². The monoisotopic (exact) mass is 309 g/mol. The number of hydrogen-bond acceptors (Lipinski definition) is 3. The molecule has 0 saturated carbocycles.